The van der Waals surface area contributed by atoms with Crippen molar-refractivity contribution in [2.75, 3.05) is 42.6 Å². The number of allylic oxidation sites excluding steroid dienone is 2. The monoisotopic (exact) mass is 710 g/mol. The molecule has 0 unspecified atom stereocenters. The van der Waals surface area contributed by atoms with Crippen molar-refractivity contribution in [3.63, 3.8) is 0 Å². The normalized spacial score (nSPS) is 14.7. The van der Waals surface area contributed by atoms with E-state index < -0.39 is 20.2 Å². The molecule has 0 bridgehead atoms. The van der Waals surface area contributed by atoms with E-state index in [9.17, 15) is 25.9 Å². The number of aromatic nitrogens is 1. The molecule has 9 nitrogen and oxygen atoms in total. The van der Waals surface area contributed by atoms with Crippen LogP contribution >= 0.6 is 23.1 Å². The number of thioether (sulfide) groups is 1. The Bertz CT molecular complexity index is 1760. The fraction of sp³-hybridized carbons (Fsp3) is 0.485. The minimum Gasteiger partial charge on any atom is -0.335 e. The number of nitrogens with zero attached hydrogens (tertiary/aromatic N) is 3. The first kappa shape index (κ1) is 38.2. The number of hydrogen-bond acceptors (Lipinski definition) is 8. The van der Waals surface area contributed by atoms with Crippen molar-refractivity contribution in [2.24, 2.45) is 0 Å². The van der Waals surface area contributed by atoms with E-state index in [-0.39, 0.29) is 11.5 Å². The molecule has 0 spiro atoms. The first-order valence-electron chi connectivity index (χ1n) is 15.7. The zero-order valence-corrected chi connectivity index (χ0v) is 31.0. The van der Waals surface area contributed by atoms with Crippen molar-refractivity contribution in [2.45, 2.75) is 72.2 Å². The van der Waals surface area contributed by atoms with Crippen molar-refractivity contribution in [3.05, 3.63) is 69.2 Å². The van der Waals surface area contributed by atoms with Crippen LogP contribution in [0, 0.1) is 13.8 Å². The average molecular weight is 711 g/mol. The lowest BCUT2D eigenvalue weighted by Gasteiger charge is -2.21. The summed E-state index contributed by atoms with van der Waals surface area (Å²) >= 11 is 3.26. The Morgan fingerprint density at radius 3 is 2.09 bits per heavy atom. The van der Waals surface area contributed by atoms with E-state index in [1.807, 2.05) is 13.8 Å². The van der Waals surface area contributed by atoms with Crippen molar-refractivity contribution in [1.82, 2.24) is 4.90 Å². The van der Waals surface area contributed by atoms with E-state index in [0.717, 1.165) is 54.0 Å². The van der Waals surface area contributed by atoms with Gasteiger partial charge >= 0.3 is 0 Å². The topological polar surface area (TPSA) is 119 Å². The van der Waals surface area contributed by atoms with Crippen LogP contribution in [0.5, 0.6) is 0 Å². The maximum Gasteiger partial charge on any atom is 0.265 e. The Morgan fingerprint density at radius 1 is 0.891 bits per heavy atom. The number of rotatable bonds is 14. The van der Waals surface area contributed by atoms with Gasteiger partial charge in [-0.05, 0) is 87.3 Å². The summed E-state index contributed by atoms with van der Waals surface area (Å²) in [5, 5.41) is 1.96. The van der Waals surface area contributed by atoms with E-state index >= 15 is 0 Å². The molecule has 0 aliphatic carbocycles. The second-order valence-corrected chi connectivity index (χ2v) is 16.5. The summed E-state index contributed by atoms with van der Waals surface area (Å²) in [4.78, 5) is 5.57. The average Bonchev–Trinajstić information content (AvgIpc) is 3.49. The highest BCUT2D eigenvalue weighted by molar-refractivity contribution is 8.03. The number of anilines is 1. The van der Waals surface area contributed by atoms with Gasteiger partial charge in [0, 0.05) is 30.0 Å². The molecular formula is C33H48N3O6S4+. The molecule has 2 aromatic carbocycles. The minimum atomic E-state index is -4.04. The molecule has 0 saturated carbocycles. The van der Waals surface area contributed by atoms with Crippen molar-refractivity contribution >= 4 is 65.3 Å². The summed E-state index contributed by atoms with van der Waals surface area (Å²) in [5.41, 5.74) is 5.32. The van der Waals surface area contributed by atoms with Crippen LogP contribution in [0.4, 0.5) is 5.69 Å². The Hall–Kier alpha value is -2.26. The summed E-state index contributed by atoms with van der Waals surface area (Å²) in [5.74, 6) is -0.604. The van der Waals surface area contributed by atoms with Crippen LogP contribution in [-0.2, 0) is 26.8 Å². The molecule has 2 N–H and O–H groups in total. The quantitative estimate of drug-likeness (QED) is 0.135. The molecular weight excluding hydrogens is 663 g/mol. The number of aryl methyl sites for hydroxylation is 3. The third-order valence-electron chi connectivity index (χ3n) is 7.71. The Kier molecular flexibility index (Phi) is 14.3. The zero-order chi connectivity index (χ0) is 34.1. The molecule has 1 aliphatic heterocycles. The SMILES string of the molecule is CCC(=Cc1sc2ccc(C)cc2[n+]1CCCS(=O)(=O)O)C=C1Sc2ccc(C)cc2N1CCCS(=O)(=O)O.CCN(CC)CC. The first-order valence-corrected chi connectivity index (χ1v) is 20.6. The minimum absolute atomic E-state index is 0.290. The molecule has 3 aromatic rings. The molecule has 1 aromatic heterocycles. The van der Waals surface area contributed by atoms with Gasteiger partial charge in [0.05, 0.1) is 22.2 Å². The molecule has 1 aliphatic rings. The van der Waals surface area contributed by atoms with Gasteiger partial charge in [-0.3, -0.25) is 9.11 Å². The van der Waals surface area contributed by atoms with Gasteiger partial charge in [0.15, 0.2) is 6.54 Å². The van der Waals surface area contributed by atoms with Crippen molar-refractivity contribution in [3.8, 4) is 0 Å². The van der Waals surface area contributed by atoms with Crippen LogP contribution in [0.15, 0.2) is 58.0 Å². The summed E-state index contributed by atoms with van der Waals surface area (Å²) < 4.78 is 67.0. The van der Waals surface area contributed by atoms with Crippen LogP contribution in [0.2, 0.25) is 0 Å². The molecule has 0 amide bonds. The van der Waals surface area contributed by atoms with E-state index in [1.165, 1.54) is 19.6 Å². The largest absolute Gasteiger partial charge is 0.335 e. The molecule has 254 valence electrons. The molecule has 0 fully saturated rings. The summed E-state index contributed by atoms with van der Waals surface area (Å²) in [6.45, 7) is 17.1. The van der Waals surface area contributed by atoms with Crippen LogP contribution in [0.1, 0.15) is 63.1 Å². The lowest BCUT2D eigenvalue weighted by atomic mass is 10.1. The van der Waals surface area contributed by atoms with Gasteiger partial charge in [0.25, 0.3) is 25.2 Å². The van der Waals surface area contributed by atoms with Crippen molar-refractivity contribution in [1.29, 1.82) is 0 Å². The summed E-state index contributed by atoms with van der Waals surface area (Å²) in [7, 11) is -8.09. The fourth-order valence-electron chi connectivity index (χ4n) is 5.14. The highest BCUT2D eigenvalue weighted by Crippen LogP contribution is 2.47. The van der Waals surface area contributed by atoms with E-state index in [4.69, 9.17) is 0 Å². The highest BCUT2D eigenvalue weighted by atomic mass is 32.2. The van der Waals surface area contributed by atoms with Crippen LogP contribution in [-0.4, -0.2) is 68.5 Å². The van der Waals surface area contributed by atoms with Gasteiger partial charge in [-0.25, -0.2) is 0 Å². The van der Waals surface area contributed by atoms with Crippen LogP contribution in [0.25, 0.3) is 16.3 Å². The first-order chi connectivity index (χ1) is 21.7. The predicted octanol–water partition coefficient (Wildman–Crippen LogP) is 6.96. The molecule has 0 saturated heterocycles. The van der Waals surface area contributed by atoms with E-state index in [1.54, 1.807) is 23.1 Å². The Balaban J connectivity index is 0.000000738. The fourth-order valence-corrected chi connectivity index (χ4v) is 8.42. The van der Waals surface area contributed by atoms with Crippen LogP contribution < -0.4 is 9.47 Å². The lowest BCUT2D eigenvalue weighted by molar-refractivity contribution is -0.668. The number of benzene rings is 2. The standard InChI is InChI=1S/C27H32N2O6S4.C6H15N/c1-4-21(17-26-28(11-5-13-38(30,31)32)22-15-19(2)7-9-24(22)36-26)18-27-29(12-6-14-39(33,34)35)23-16-20(3)8-10-25(23)37-27;1-4-7(5-2)6-3/h7-10,15-18H,4-6,11-14H2,1-3H3,(H-,30,31,32,33,34,35);4-6H2,1-3H3/p+1. The van der Waals surface area contributed by atoms with Gasteiger partial charge < -0.3 is 9.80 Å². The third-order valence-corrected chi connectivity index (χ3v) is 11.5. The van der Waals surface area contributed by atoms with Gasteiger partial charge in [0.2, 0.25) is 5.52 Å². The number of hydrogen-bond donors (Lipinski definition) is 2. The van der Waals surface area contributed by atoms with Gasteiger partial charge in [-0.1, -0.05) is 62.9 Å². The Labute approximate surface area is 283 Å². The smallest absolute Gasteiger partial charge is 0.265 e. The van der Waals surface area contributed by atoms with Gasteiger partial charge in [-0.2, -0.15) is 21.4 Å². The van der Waals surface area contributed by atoms with Gasteiger partial charge in [0.1, 0.15) is 4.70 Å². The van der Waals surface area contributed by atoms with Crippen LogP contribution in [0.3, 0.4) is 0 Å². The second-order valence-electron chi connectivity index (χ2n) is 11.2. The van der Waals surface area contributed by atoms with E-state index in [0.29, 0.717) is 25.9 Å². The van der Waals surface area contributed by atoms with Gasteiger partial charge in [-0.15, -0.1) is 0 Å². The second kappa shape index (κ2) is 17.2. The maximum absolute atomic E-state index is 11.3. The molecule has 0 atom stereocenters. The maximum atomic E-state index is 11.3. The molecule has 0 radical (unpaired) electrons. The number of thiazole rings is 1. The third kappa shape index (κ3) is 11.5. The lowest BCUT2D eigenvalue weighted by Crippen LogP contribution is -2.36. The Morgan fingerprint density at radius 2 is 1.50 bits per heavy atom. The van der Waals surface area contributed by atoms with E-state index in [2.05, 4.69) is 90.6 Å². The molecule has 4 rings (SSSR count). The number of fused-ring (bicyclic) bond motifs is 2. The predicted molar refractivity (Wildman–Crippen MR) is 193 cm³/mol. The molecule has 46 heavy (non-hydrogen) atoms. The van der Waals surface area contributed by atoms with Crippen molar-refractivity contribution < 1.29 is 30.5 Å². The highest BCUT2D eigenvalue weighted by Gasteiger charge is 2.26. The molecule has 2 heterocycles. The summed E-state index contributed by atoms with van der Waals surface area (Å²) in [6.07, 6.45) is 5.56. The zero-order valence-electron chi connectivity index (χ0n) is 27.7. The molecule has 13 heteroatoms. The summed E-state index contributed by atoms with van der Waals surface area (Å²) in [6, 6.07) is 12.4.